The number of likely N-dealkylation sites (tertiary alicyclic amines) is 1. The van der Waals surface area contributed by atoms with Gasteiger partial charge in [0.2, 0.25) is 0 Å². The number of piperidine rings is 1. The van der Waals surface area contributed by atoms with Crippen molar-refractivity contribution in [1.82, 2.24) is 14.9 Å². The Balaban J connectivity index is 1.50. The monoisotopic (exact) mass is 365 g/mol. The number of aromatic amines is 1. The van der Waals surface area contributed by atoms with Crippen LogP contribution < -0.4 is 9.47 Å². The molecule has 3 aromatic rings. The summed E-state index contributed by atoms with van der Waals surface area (Å²) in [5.74, 6) is 1.65. The summed E-state index contributed by atoms with van der Waals surface area (Å²) in [4.78, 5) is 22.6. The number of aromatic nitrogens is 2. The molecule has 1 aromatic carbocycles. The summed E-state index contributed by atoms with van der Waals surface area (Å²) in [6.45, 7) is 1.44. The van der Waals surface area contributed by atoms with Gasteiger partial charge in [-0.15, -0.1) is 0 Å². The first kappa shape index (κ1) is 17.4. The van der Waals surface area contributed by atoms with E-state index < -0.39 is 0 Å². The molecule has 6 heteroatoms. The molecule has 0 spiro atoms. The molecule has 140 valence electrons. The highest BCUT2D eigenvalue weighted by Gasteiger charge is 2.27. The van der Waals surface area contributed by atoms with Crippen molar-refractivity contribution in [3.8, 4) is 11.5 Å². The van der Waals surface area contributed by atoms with Gasteiger partial charge in [0.05, 0.1) is 19.8 Å². The van der Waals surface area contributed by atoms with Crippen molar-refractivity contribution in [3.63, 3.8) is 0 Å². The minimum Gasteiger partial charge on any atom is -0.497 e. The van der Waals surface area contributed by atoms with Gasteiger partial charge in [-0.2, -0.15) is 0 Å². The van der Waals surface area contributed by atoms with E-state index in [2.05, 4.69) is 22.2 Å². The van der Waals surface area contributed by atoms with E-state index in [1.54, 1.807) is 38.6 Å². The highest BCUT2D eigenvalue weighted by molar-refractivity contribution is 5.97. The second kappa shape index (κ2) is 7.31. The van der Waals surface area contributed by atoms with Crippen molar-refractivity contribution >= 4 is 16.9 Å². The number of carbonyl (C=O) groups is 1. The van der Waals surface area contributed by atoms with E-state index in [-0.39, 0.29) is 5.91 Å². The Labute approximate surface area is 158 Å². The van der Waals surface area contributed by atoms with Crippen LogP contribution in [0.4, 0.5) is 0 Å². The largest absolute Gasteiger partial charge is 0.497 e. The molecule has 0 aliphatic carbocycles. The van der Waals surface area contributed by atoms with Crippen LogP contribution in [0, 0.1) is 0 Å². The highest BCUT2D eigenvalue weighted by Crippen LogP contribution is 2.34. The van der Waals surface area contributed by atoms with Crippen LogP contribution in [0.1, 0.15) is 34.7 Å². The van der Waals surface area contributed by atoms with Gasteiger partial charge in [0.25, 0.3) is 5.91 Å². The maximum Gasteiger partial charge on any atom is 0.257 e. The minimum atomic E-state index is -0.00945. The number of nitrogens with one attached hydrogen (secondary N) is 1. The standard InChI is InChI=1S/C21H23N3O3/c1-26-15-5-6-19(27-2)17(12-15)21(25)24-10-7-14(8-11-24)18-13-23-20-16(18)4-3-9-22-20/h3-6,9,12-14H,7-8,10-11H2,1-2H3,(H,22,23). The number of pyridine rings is 1. The molecule has 0 bridgehead atoms. The average Bonchev–Trinajstić information content (AvgIpc) is 3.17. The van der Waals surface area contributed by atoms with Crippen LogP contribution >= 0.6 is 0 Å². The first-order valence-electron chi connectivity index (χ1n) is 9.14. The van der Waals surface area contributed by atoms with Crippen molar-refractivity contribution in [2.24, 2.45) is 0 Å². The van der Waals surface area contributed by atoms with Crippen molar-refractivity contribution in [1.29, 1.82) is 0 Å². The maximum absolute atomic E-state index is 13.0. The second-order valence-electron chi connectivity index (χ2n) is 6.78. The molecule has 1 N–H and O–H groups in total. The number of ether oxygens (including phenoxy) is 2. The lowest BCUT2D eigenvalue weighted by atomic mass is 9.89. The van der Waals surface area contributed by atoms with Gasteiger partial charge in [-0.1, -0.05) is 0 Å². The summed E-state index contributed by atoms with van der Waals surface area (Å²) in [5.41, 5.74) is 2.77. The van der Waals surface area contributed by atoms with Gasteiger partial charge in [0.15, 0.2) is 0 Å². The molecule has 0 atom stereocenters. The Hall–Kier alpha value is -3.02. The van der Waals surface area contributed by atoms with Gasteiger partial charge in [-0.3, -0.25) is 4.79 Å². The Morgan fingerprint density at radius 1 is 1.19 bits per heavy atom. The molecule has 0 radical (unpaired) electrons. The SMILES string of the molecule is COc1ccc(OC)c(C(=O)N2CCC(c3c[nH]c4ncccc34)CC2)c1. The van der Waals surface area contributed by atoms with E-state index >= 15 is 0 Å². The zero-order chi connectivity index (χ0) is 18.8. The third-order valence-corrected chi connectivity index (χ3v) is 5.34. The molecule has 1 amide bonds. The van der Waals surface area contributed by atoms with Crippen molar-refractivity contribution in [2.75, 3.05) is 27.3 Å². The number of rotatable bonds is 4. The molecule has 1 aliphatic heterocycles. The Kier molecular flexibility index (Phi) is 4.71. The van der Waals surface area contributed by atoms with Gasteiger partial charge in [0, 0.05) is 30.9 Å². The van der Waals surface area contributed by atoms with E-state index in [4.69, 9.17) is 9.47 Å². The van der Waals surface area contributed by atoms with Crippen LogP contribution in [0.25, 0.3) is 11.0 Å². The summed E-state index contributed by atoms with van der Waals surface area (Å²) >= 11 is 0. The Bertz CT molecular complexity index is 958. The summed E-state index contributed by atoms with van der Waals surface area (Å²) in [7, 11) is 3.17. The first-order valence-corrected chi connectivity index (χ1v) is 9.14. The fourth-order valence-corrected chi connectivity index (χ4v) is 3.86. The van der Waals surface area contributed by atoms with Crippen LogP contribution in [0.15, 0.2) is 42.7 Å². The first-order chi connectivity index (χ1) is 13.2. The molecule has 3 heterocycles. The number of carbonyl (C=O) groups excluding carboxylic acids is 1. The fraction of sp³-hybridized carbons (Fsp3) is 0.333. The number of hydrogen-bond acceptors (Lipinski definition) is 4. The van der Waals surface area contributed by atoms with E-state index in [0.29, 0.717) is 23.0 Å². The fourth-order valence-electron chi connectivity index (χ4n) is 3.86. The van der Waals surface area contributed by atoms with Crippen LogP contribution in [0.2, 0.25) is 0 Å². The van der Waals surface area contributed by atoms with Crippen molar-refractivity contribution < 1.29 is 14.3 Å². The maximum atomic E-state index is 13.0. The van der Waals surface area contributed by atoms with Gasteiger partial charge >= 0.3 is 0 Å². The van der Waals surface area contributed by atoms with Gasteiger partial charge in [-0.05, 0) is 54.7 Å². The topological polar surface area (TPSA) is 67.5 Å². The molecule has 1 aliphatic rings. The lowest BCUT2D eigenvalue weighted by Gasteiger charge is -2.32. The van der Waals surface area contributed by atoms with E-state index in [1.165, 1.54) is 10.9 Å². The molecular formula is C21H23N3O3. The predicted molar refractivity (Wildman–Crippen MR) is 104 cm³/mol. The van der Waals surface area contributed by atoms with Gasteiger partial charge in [-0.25, -0.2) is 4.98 Å². The Morgan fingerprint density at radius 2 is 2.00 bits per heavy atom. The molecule has 6 nitrogen and oxygen atoms in total. The van der Waals surface area contributed by atoms with E-state index in [9.17, 15) is 4.79 Å². The number of H-pyrrole nitrogens is 1. The quantitative estimate of drug-likeness (QED) is 0.767. The molecule has 4 rings (SSSR count). The molecule has 1 fully saturated rings. The summed E-state index contributed by atoms with van der Waals surface area (Å²) in [6.07, 6.45) is 5.72. The Morgan fingerprint density at radius 3 is 2.74 bits per heavy atom. The number of fused-ring (bicyclic) bond motifs is 1. The molecule has 0 saturated carbocycles. The zero-order valence-electron chi connectivity index (χ0n) is 15.6. The zero-order valence-corrected chi connectivity index (χ0v) is 15.6. The van der Waals surface area contributed by atoms with Crippen molar-refractivity contribution in [2.45, 2.75) is 18.8 Å². The van der Waals surface area contributed by atoms with Crippen LogP contribution in [-0.2, 0) is 0 Å². The third-order valence-electron chi connectivity index (χ3n) is 5.34. The van der Waals surface area contributed by atoms with E-state index in [0.717, 1.165) is 31.6 Å². The number of benzene rings is 1. The normalized spacial score (nSPS) is 15.1. The van der Waals surface area contributed by atoms with Gasteiger partial charge < -0.3 is 19.4 Å². The summed E-state index contributed by atoms with van der Waals surface area (Å²) < 4.78 is 10.6. The van der Waals surface area contributed by atoms with Crippen LogP contribution in [-0.4, -0.2) is 48.1 Å². The van der Waals surface area contributed by atoms with Crippen LogP contribution in [0.3, 0.4) is 0 Å². The molecule has 1 saturated heterocycles. The van der Waals surface area contributed by atoms with E-state index in [1.807, 2.05) is 11.0 Å². The molecule has 27 heavy (non-hydrogen) atoms. The second-order valence-corrected chi connectivity index (χ2v) is 6.78. The smallest absolute Gasteiger partial charge is 0.257 e. The number of hydrogen-bond donors (Lipinski definition) is 1. The number of methoxy groups -OCH3 is 2. The van der Waals surface area contributed by atoms with Gasteiger partial charge in [0.1, 0.15) is 17.1 Å². The average molecular weight is 365 g/mol. The predicted octanol–water partition coefficient (Wildman–Crippen LogP) is 3.60. The minimum absolute atomic E-state index is 0.00945. The highest BCUT2D eigenvalue weighted by atomic mass is 16.5. The number of nitrogens with zero attached hydrogens (tertiary/aromatic N) is 2. The molecule has 0 unspecified atom stereocenters. The summed E-state index contributed by atoms with van der Waals surface area (Å²) in [6, 6.07) is 9.39. The molecular weight excluding hydrogens is 342 g/mol. The molecule has 2 aromatic heterocycles. The number of amides is 1. The third kappa shape index (κ3) is 3.23. The van der Waals surface area contributed by atoms with Crippen LogP contribution in [0.5, 0.6) is 11.5 Å². The lowest BCUT2D eigenvalue weighted by molar-refractivity contribution is 0.0709. The summed E-state index contributed by atoms with van der Waals surface area (Å²) in [5, 5.41) is 1.18. The lowest BCUT2D eigenvalue weighted by Crippen LogP contribution is -2.38. The van der Waals surface area contributed by atoms with Crippen molar-refractivity contribution in [3.05, 3.63) is 53.9 Å².